The minimum Gasteiger partial charge on any atom is -0.408 e. The van der Waals surface area contributed by atoms with Crippen molar-refractivity contribution in [1.29, 1.82) is 0 Å². The number of oxazole rings is 1. The summed E-state index contributed by atoms with van der Waals surface area (Å²) in [5, 5.41) is 2.85. The van der Waals surface area contributed by atoms with Crippen molar-refractivity contribution in [2.45, 2.75) is 25.7 Å². The third-order valence-corrected chi connectivity index (χ3v) is 4.44. The van der Waals surface area contributed by atoms with Gasteiger partial charge in [0.15, 0.2) is 5.58 Å². The van der Waals surface area contributed by atoms with Crippen molar-refractivity contribution in [3.8, 4) is 0 Å². The maximum Gasteiger partial charge on any atom is 0.420 e. The van der Waals surface area contributed by atoms with Gasteiger partial charge in [-0.25, -0.2) is 4.79 Å². The number of fused-ring (bicyclic) bond motifs is 2. The number of hydrogen-bond acceptors (Lipinski definition) is 4. The smallest absolute Gasteiger partial charge is 0.408 e. The van der Waals surface area contributed by atoms with Crippen LogP contribution in [0.2, 0.25) is 0 Å². The predicted molar refractivity (Wildman–Crippen MR) is 92.2 cm³/mol. The first-order valence-corrected chi connectivity index (χ1v) is 8.24. The summed E-state index contributed by atoms with van der Waals surface area (Å²) in [4.78, 5) is 24.1. The normalized spacial score (nSPS) is 16.6. The Morgan fingerprint density at radius 1 is 1.12 bits per heavy atom. The van der Waals surface area contributed by atoms with Crippen LogP contribution in [-0.2, 0) is 29.1 Å². The lowest BCUT2D eigenvalue weighted by Crippen LogP contribution is -2.39. The molecule has 3 aromatic rings. The van der Waals surface area contributed by atoms with Crippen LogP contribution in [0.4, 0.5) is 0 Å². The first-order valence-electron chi connectivity index (χ1n) is 8.24. The summed E-state index contributed by atoms with van der Waals surface area (Å²) in [7, 11) is 0. The lowest BCUT2D eigenvalue weighted by atomic mass is 9.99. The average molecular weight is 338 g/mol. The molecule has 6 nitrogen and oxygen atoms in total. The van der Waals surface area contributed by atoms with Crippen molar-refractivity contribution in [3.05, 3.63) is 70.2 Å². The number of carbonyl (C=O) groups is 1. The summed E-state index contributed by atoms with van der Waals surface area (Å²) in [5.74, 6) is -0.768. The molecule has 1 unspecified atom stereocenters. The van der Waals surface area contributed by atoms with Crippen molar-refractivity contribution < 1.29 is 13.9 Å². The largest absolute Gasteiger partial charge is 0.420 e. The number of nitrogens with one attached hydrogen (secondary N) is 1. The summed E-state index contributed by atoms with van der Waals surface area (Å²) in [6.07, 6.45) is 0.710. The number of hydrogen-bond donors (Lipinski definition) is 1. The highest BCUT2D eigenvalue weighted by Gasteiger charge is 2.20. The molecule has 4 rings (SSSR count). The van der Waals surface area contributed by atoms with E-state index < -0.39 is 5.76 Å². The van der Waals surface area contributed by atoms with Crippen LogP contribution in [0, 0.1) is 0 Å². The molecule has 0 bridgehead atoms. The molecule has 25 heavy (non-hydrogen) atoms. The summed E-state index contributed by atoms with van der Waals surface area (Å²) >= 11 is 0. The fraction of sp³-hybridized carbons (Fsp3) is 0.263. The van der Waals surface area contributed by atoms with Crippen molar-refractivity contribution in [2.75, 3.05) is 6.54 Å². The molecule has 0 fully saturated rings. The molecule has 1 aromatic heterocycles. The molecule has 1 aliphatic rings. The fourth-order valence-corrected chi connectivity index (χ4v) is 3.13. The first-order chi connectivity index (χ1) is 12.2. The zero-order chi connectivity index (χ0) is 17.2. The van der Waals surface area contributed by atoms with Gasteiger partial charge in [0.05, 0.1) is 18.2 Å². The van der Waals surface area contributed by atoms with E-state index in [2.05, 4.69) is 17.4 Å². The van der Waals surface area contributed by atoms with E-state index in [0.29, 0.717) is 24.3 Å². The summed E-state index contributed by atoms with van der Waals surface area (Å²) in [5.41, 5.74) is 3.55. The van der Waals surface area contributed by atoms with Crippen LogP contribution in [-0.4, -0.2) is 23.1 Å². The molecule has 2 aromatic carbocycles. The average Bonchev–Trinajstić information content (AvgIpc) is 2.95. The summed E-state index contributed by atoms with van der Waals surface area (Å²) in [6, 6.07) is 15.2. The molecule has 2 heterocycles. The van der Waals surface area contributed by atoms with Crippen molar-refractivity contribution >= 4 is 17.0 Å². The number of ether oxygens (including phenoxy) is 1. The zero-order valence-corrected chi connectivity index (χ0v) is 13.6. The van der Waals surface area contributed by atoms with Crippen molar-refractivity contribution in [3.63, 3.8) is 0 Å². The topological polar surface area (TPSA) is 73.5 Å². The molecule has 1 N–H and O–H groups in total. The fourth-order valence-electron chi connectivity index (χ4n) is 3.13. The lowest BCUT2D eigenvalue weighted by molar-refractivity contribution is -0.122. The molecule has 1 atom stereocenters. The summed E-state index contributed by atoms with van der Waals surface area (Å²) in [6.45, 7) is 0.902. The van der Waals surface area contributed by atoms with Gasteiger partial charge in [0.1, 0.15) is 6.54 Å². The Bertz CT molecular complexity index is 973. The molecular weight excluding hydrogens is 320 g/mol. The highest BCUT2D eigenvalue weighted by molar-refractivity contribution is 5.79. The standard InChI is InChI=1S/C19H18N2O4/c22-18(11-21-16-7-3-4-8-17(16)25-19(21)23)20-10-15-9-13-5-1-2-6-14(13)12-24-15/h1-8,15H,9-12H2,(H,20,22). The van der Waals surface area contributed by atoms with Crippen LogP contribution in [0.1, 0.15) is 11.1 Å². The van der Waals surface area contributed by atoms with Gasteiger partial charge < -0.3 is 14.5 Å². The molecular formula is C19H18N2O4. The van der Waals surface area contributed by atoms with Gasteiger partial charge in [-0.2, -0.15) is 0 Å². The molecule has 0 radical (unpaired) electrons. The second kappa shape index (κ2) is 6.57. The van der Waals surface area contributed by atoms with Crippen molar-refractivity contribution in [2.24, 2.45) is 0 Å². The number of rotatable bonds is 4. The van der Waals surface area contributed by atoms with Gasteiger partial charge in [0.25, 0.3) is 0 Å². The lowest BCUT2D eigenvalue weighted by Gasteiger charge is -2.25. The third kappa shape index (κ3) is 3.21. The molecule has 6 heteroatoms. The van der Waals surface area contributed by atoms with Gasteiger partial charge >= 0.3 is 5.76 Å². The minimum atomic E-state index is -0.529. The van der Waals surface area contributed by atoms with E-state index in [1.165, 1.54) is 15.7 Å². The van der Waals surface area contributed by atoms with Gasteiger partial charge in [-0.15, -0.1) is 0 Å². The van der Waals surface area contributed by atoms with E-state index >= 15 is 0 Å². The second-order valence-electron chi connectivity index (χ2n) is 6.13. The van der Waals surface area contributed by atoms with E-state index in [-0.39, 0.29) is 18.6 Å². The predicted octanol–water partition coefficient (Wildman–Crippen LogP) is 1.85. The SMILES string of the molecule is O=C(Cn1c(=O)oc2ccccc21)NCC1Cc2ccccc2CO1. The number of benzene rings is 2. The van der Waals surface area contributed by atoms with Crippen LogP contribution in [0.5, 0.6) is 0 Å². The minimum absolute atomic E-state index is 0.0586. The molecule has 1 aliphatic heterocycles. The van der Waals surface area contributed by atoms with Crippen LogP contribution in [0.3, 0.4) is 0 Å². The Balaban J connectivity index is 1.38. The highest BCUT2D eigenvalue weighted by atomic mass is 16.5. The quantitative estimate of drug-likeness (QED) is 0.788. The van der Waals surface area contributed by atoms with Crippen molar-refractivity contribution in [1.82, 2.24) is 9.88 Å². The van der Waals surface area contributed by atoms with Crippen LogP contribution in [0.25, 0.3) is 11.1 Å². The Kier molecular flexibility index (Phi) is 4.11. The molecule has 1 amide bonds. The first kappa shape index (κ1) is 15.7. The van der Waals surface area contributed by atoms with Gasteiger partial charge in [0, 0.05) is 13.0 Å². The Labute approximate surface area is 144 Å². The Hall–Kier alpha value is -2.86. The number of nitrogens with zero attached hydrogens (tertiary/aromatic N) is 1. The van der Waals surface area contributed by atoms with Gasteiger partial charge in [-0.1, -0.05) is 36.4 Å². The van der Waals surface area contributed by atoms with E-state index in [1.54, 1.807) is 24.3 Å². The third-order valence-electron chi connectivity index (χ3n) is 4.44. The monoisotopic (exact) mass is 338 g/mol. The van der Waals surface area contributed by atoms with Crippen LogP contribution < -0.4 is 11.1 Å². The van der Waals surface area contributed by atoms with E-state index in [1.807, 2.05) is 12.1 Å². The van der Waals surface area contributed by atoms with E-state index in [9.17, 15) is 9.59 Å². The maximum absolute atomic E-state index is 12.2. The number of amides is 1. The van der Waals surface area contributed by atoms with Crippen LogP contribution >= 0.6 is 0 Å². The van der Waals surface area contributed by atoms with Gasteiger partial charge in [-0.3, -0.25) is 9.36 Å². The van der Waals surface area contributed by atoms with Gasteiger partial charge in [-0.05, 0) is 23.3 Å². The van der Waals surface area contributed by atoms with Crippen LogP contribution in [0.15, 0.2) is 57.7 Å². The highest BCUT2D eigenvalue weighted by Crippen LogP contribution is 2.19. The number of aromatic nitrogens is 1. The van der Waals surface area contributed by atoms with E-state index in [0.717, 1.165) is 6.42 Å². The summed E-state index contributed by atoms with van der Waals surface area (Å²) < 4.78 is 12.3. The van der Waals surface area contributed by atoms with Gasteiger partial charge in [0.2, 0.25) is 5.91 Å². The number of para-hydroxylation sites is 2. The molecule has 0 aliphatic carbocycles. The Morgan fingerprint density at radius 2 is 1.88 bits per heavy atom. The molecule has 128 valence electrons. The molecule has 0 saturated heterocycles. The zero-order valence-electron chi connectivity index (χ0n) is 13.6. The Morgan fingerprint density at radius 3 is 2.76 bits per heavy atom. The molecule has 0 saturated carbocycles. The molecule has 0 spiro atoms. The second-order valence-corrected chi connectivity index (χ2v) is 6.13. The van der Waals surface area contributed by atoms with E-state index in [4.69, 9.17) is 9.15 Å². The maximum atomic E-state index is 12.2. The number of carbonyl (C=O) groups excluding carboxylic acids is 1.